The smallest absolute Gasteiger partial charge is 0.152 e. The van der Waals surface area contributed by atoms with E-state index in [1.165, 1.54) is 0 Å². The molecular formula is C21H26Cl2N2O2S. The fourth-order valence-electron chi connectivity index (χ4n) is 3.73. The maximum atomic E-state index is 12.1. The molecule has 0 bridgehead atoms. The summed E-state index contributed by atoms with van der Waals surface area (Å²) in [5.41, 5.74) is 1.86. The Morgan fingerprint density at radius 3 is 2.32 bits per heavy atom. The van der Waals surface area contributed by atoms with Gasteiger partial charge >= 0.3 is 0 Å². The number of nitrogens with zero attached hydrogens (tertiary/aromatic N) is 1. The molecule has 1 aliphatic heterocycles. The van der Waals surface area contributed by atoms with Crippen LogP contribution in [0.3, 0.4) is 0 Å². The predicted molar refractivity (Wildman–Crippen MR) is 117 cm³/mol. The molecule has 0 amide bonds. The summed E-state index contributed by atoms with van der Waals surface area (Å²) in [6.45, 7) is 4.95. The first kappa shape index (κ1) is 21.6. The van der Waals surface area contributed by atoms with Crippen molar-refractivity contribution in [1.82, 2.24) is 10.2 Å². The zero-order valence-electron chi connectivity index (χ0n) is 16.0. The standard InChI is InChI=1S/C21H26Cl2N2O2S/c1-21(8-11-28(26,27)16-21)25(15-18-5-3-7-20(23)13-18)10-9-24-14-17-4-2-6-19(22)12-17/h2-7,12-13,24H,8-11,14-16H2,1H3/t21-/m0/s1. The first-order chi connectivity index (χ1) is 13.3. The average molecular weight is 441 g/mol. The predicted octanol–water partition coefficient (Wildman–Crippen LogP) is 4.16. The minimum absolute atomic E-state index is 0.203. The van der Waals surface area contributed by atoms with Gasteiger partial charge in [0.15, 0.2) is 9.84 Å². The summed E-state index contributed by atoms with van der Waals surface area (Å²) in [6.07, 6.45) is 0.657. The van der Waals surface area contributed by atoms with Crippen LogP contribution < -0.4 is 5.32 Å². The van der Waals surface area contributed by atoms with Gasteiger partial charge in [-0.05, 0) is 48.7 Å². The van der Waals surface area contributed by atoms with Gasteiger partial charge in [-0.2, -0.15) is 0 Å². The van der Waals surface area contributed by atoms with Gasteiger partial charge in [0.05, 0.1) is 11.5 Å². The van der Waals surface area contributed by atoms with E-state index in [0.717, 1.165) is 35.8 Å². The Morgan fingerprint density at radius 2 is 1.71 bits per heavy atom. The third-order valence-electron chi connectivity index (χ3n) is 5.29. The van der Waals surface area contributed by atoms with Crippen molar-refractivity contribution >= 4 is 33.0 Å². The lowest BCUT2D eigenvalue weighted by Gasteiger charge is -2.38. The van der Waals surface area contributed by atoms with Crippen LogP contribution in [0.5, 0.6) is 0 Å². The Morgan fingerprint density at radius 1 is 1.07 bits per heavy atom. The Kier molecular flexibility index (Phi) is 7.05. The molecule has 0 aromatic heterocycles. The number of halogens is 2. The van der Waals surface area contributed by atoms with E-state index in [9.17, 15) is 8.42 Å². The Balaban J connectivity index is 1.65. The fourth-order valence-corrected chi connectivity index (χ4v) is 6.33. The van der Waals surface area contributed by atoms with Gasteiger partial charge in [0.2, 0.25) is 0 Å². The number of benzene rings is 2. The second-order valence-corrected chi connectivity index (χ2v) is 10.8. The summed E-state index contributed by atoms with van der Waals surface area (Å²) in [5, 5.41) is 4.86. The maximum absolute atomic E-state index is 12.1. The number of hydrogen-bond donors (Lipinski definition) is 1. The van der Waals surface area contributed by atoms with Gasteiger partial charge in [0.1, 0.15) is 0 Å². The molecule has 0 spiro atoms. The van der Waals surface area contributed by atoms with E-state index in [1.54, 1.807) is 0 Å². The lowest BCUT2D eigenvalue weighted by atomic mass is 9.98. The van der Waals surface area contributed by atoms with E-state index in [0.29, 0.717) is 18.0 Å². The quantitative estimate of drug-likeness (QED) is 0.625. The Bertz CT molecular complexity index is 920. The number of hydrogen-bond acceptors (Lipinski definition) is 4. The SMILES string of the molecule is C[C@]1(N(CCNCc2cccc(Cl)c2)Cc2cccc(Cl)c2)CCS(=O)(=O)C1. The minimum atomic E-state index is -2.98. The molecule has 0 radical (unpaired) electrons. The molecule has 2 aromatic rings. The molecule has 1 heterocycles. The van der Waals surface area contributed by atoms with Crippen LogP contribution in [0.1, 0.15) is 24.5 Å². The van der Waals surface area contributed by atoms with Crippen molar-refractivity contribution in [3.8, 4) is 0 Å². The molecule has 1 N–H and O–H groups in total. The highest BCUT2D eigenvalue weighted by atomic mass is 35.5. The average Bonchev–Trinajstić information content (AvgIpc) is 2.92. The Hall–Kier alpha value is -1.11. The van der Waals surface area contributed by atoms with Crippen LogP contribution >= 0.6 is 23.2 Å². The lowest BCUT2D eigenvalue weighted by molar-refractivity contribution is 0.117. The van der Waals surface area contributed by atoms with Crippen LogP contribution in [-0.4, -0.2) is 43.5 Å². The van der Waals surface area contributed by atoms with Crippen molar-refractivity contribution in [2.24, 2.45) is 0 Å². The summed E-state index contributed by atoms with van der Waals surface area (Å²) in [5.74, 6) is 0.459. The molecule has 1 atom stereocenters. The van der Waals surface area contributed by atoms with Crippen molar-refractivity contribution < 1.29 is 8.42 Å². The lowest BCUT2D eigenvalue weighted by Crippen LogP contribution is -2.49. The molecule has 152 valence electrons. The number of sulfone groups is 1. The first-order valence-corrected chi connectivity index (χ1v) is 12.0. The summed E-state index contributed by atoms with van der Waals surface area (Å²) < 4.78 is 24.3. The van der Waals surface area contributed by atoms with Gasteiger partial charge in [0, 0.05) is 41.8 Å². The first-order valence-electron chi connectivity index (χ1n) is 9.41. The molecule has 0 saturated carbocycles. The molecule has 1 saturated heterocycles. The monoisotopic (exact) mass is 440 g/mol. The molecule has 2 aromatic carbocycles. The summed E-state index contributed by atoms with van der Waals surface area (Å²) in [4.78, 5) is 2.27. The van der Waals surface area contributed by atoms with Gasteiger partial charge in [0.25, 0.3) is 0 Å². The molecule has 1 aliphatic rings. The van der Waals surface area contributed by atoms with Gasteiger partial charge in [-0.3, -0.25) is 4.90 Å². The van der Waals surface area contributed by atoms with Gasteiger partial charge in [-0.1, -0.05) is 47.5 Å². The van der Waals surface area contributed by atoms with E-state index < -0.39 is 9.84 Å². The van der Waals surface area contributed by atoms with Crippen LogP contribution in [0.15, 0.2) is 48.5 Å². The molecule has 0 aliphatic carbocycles. The summed E-state index contributed by atoms with van der Waals surface area (Å²) in [6, 6.07) is 15.5. The van der Waals surface area contributed by atoms with Crippen molar-refractivity contribution in [2.75, 3.05) is 24.6 Å². The Labute approximate surface area is 177 Å². The zero-order valence-corrected chi connectivity index (χ0v) is 18.3. The molecule has 4 nitrogen and oxygen atoms in total. The minimum Gasteiger partial charge on any atom is -0.311 e. The summed E-state index contributed by atoms with van der Waals surface area (Å²) >= 11 is 12.2. The van der Waals surface area contributed by atoms with Crippen LogP contribution in [-0.2, 0) is 22.9 Å². The molecule has 0 unspecified atom stereocenters. The number of nitrogens with one attached hydrogen (secondary N) is 1. The fraction of sp³-hybridized carbons (Fsp3) is 0.429. The van der Waals surface area contributed by atoms with Gasteiger partial charge < -0.3 is 5.32 Å². The molecule has 1 fully saturated rings. The molecular weight excluding hydrogens is 415 g/mol. The van der Waals surface area contributed by atoms with Crippen LogP contribution in [0.4, 0.5) is 0 Å². The second-order valence-electron chi connectivity index (χ2n) is 7.70. The van der Waals surface area contributed by atoms with Crippen molar-refractivity contribution in [3.63, 3.8) is 0 Å². The van der Waals surface area contributed by atoms with E-state index in [1.807, 2.05) is 48.5 Å². The third kappa shape index (κ3) is 5.94. The van der Waals surface area contributed by atoms with E-state index in [2.05, 4.69) is 17.1 Å². The van der Waals surface area contributed by atoms with Crippen LogP contribution in [0.2, 0.25) is 10.0 Å². The van der Waals surface area contributed by atoms with Crippen molar-refractivity contribution in [1.29, 1.82) is 0 Å². The van der Waals surface area contributed by atoms with E-state index in [4.69, 9.17) is 23.2 Å². The maximum Gasteiger partial charge on any atom is 0.152 e. The number of rotatable bonds is 8. The van der Waals surface area contributed by atoms with Gasteiger partial charge in [-0.25, -0.2) is 8.42 Å². The highest BCUT2D eigenvalue weighted by Crippen LogP contribution is 2.31. The molecule has 3 rings (SSSR count). The van der Waals surface area contributed by atoms with E-state index >= 15 is 0 Å². The van der Waals surface area contributed by atoms with Gasteiger partial charge in [-0.15, -0.1) is 0 Å². The second kappa shape index (κ2) is 9.14. The van der Waals surface area contributed by atoms with Crippen LogP contribution in [0, 0.1) is 0 Å². The third-order valence-corrected chi connectivity index (χ3v) is 7.64. The van der Waals surface area contributed by atoms with Crippen molar-refractivity contribution in [3.05, 3.63) is 69.7 Å². The van der Waals surface area contributed by atoms with Crippen molar-refractivity contribution in [2.45, 2.75) is 32.0 Å². The molecule has 28 heavy (non-hydrogen) atoms. The highest BCUT2D eigenvalue weighted by molar-refractivity contribution is 7.91. The highest BCUT2D eigenvalue weighted by Gasteiger charge is 2.42. The van der Waals surface area contributed by atoms with E-state index in [-0.39, 0.29) is 17.0 Å². The normalized spacial score (nSPS) is 21.3. The van der Waals surface area contributed by atoms with Crippen LogP contribution in [0.25, 0.3) is 0 Å². The largest absolute Gasteiger partial charge is 0.311 e. The molecule has 7 heteroatoms. The topological polar surface area (TPSA) is 49.4 Å². The summed E-state index contributed by atoms with van der Waals surface area (Å²) in [7, 11) is -2.98. The zero-order chi connectivity index (χ0) is 20.2.